The Morgan fingerprint density at radius 1 is 0.500 bits per heavy atom. The Balaban J connectivity index is 0.997. The van der Waals surface area contributed by atoms with Gasteiger partial charge >= 0.3 is 0 Å². The first kappa shape index (κ1) is 24.7. The number of nitrogens with one attached hydrogen (secondary N) is 1. The van der Waals surface area contributed by atoms with Gasteiger partial charge in [0.15, 0.2) is 0 Å². The molecule has 0 atom stereocenters. The summed E-state index contributed by atoms with van der Waals surface area (Å²) in [6.07, 6.45) is 6.14. The van der Waals surface area contributed by atoms with Crippen LogP contribution in [0.4, 0.5) is 0 Å². The van der Waals surface area contributed by atoms with E-state index in [1.807, 2.05) is 0 Å². The molecule has 0 bridgehead atoms. The van der Waals surface area contributed by atoms with Gasteiger partial charge in [0.1, 0.15) is 0 Å². The molecule has 0 aliphatic carbocycles. The van der Waals surface area contributed by atoms with Crippen molar-refractivity contribution >= 4 is 0 Å². The maximum atomic E-state index is 3.63. The molecule has 180 valence electrons. The van der Waals surface area contributed by atoms with Crippen molar-refractivity contribution in [1.82, 2.24) is 15.1 Å². The van der Waals surface area contributed by atoms with Gasteiger partial charge in [-0.2, -0.15) is 0 Å². The van der Waals surface area contributed by atoms with E-state index >= 15 is 0 Å². The molecule has 1 aliphatic rings. The summed E-state index contributed by atoms with van der Waals surface area (Å²) in [5.41, 5.74) is 5.46. The Labute approximate surface area is 206 Å². The standard InChI is InChI=1S/C31H41N3/c1-3-10-28(11-4-1)12-9-23-34-26-24-33(25-27-34)22-8-7-20-32-21-19-29-15-17-31(18-16-29)30-13-5-2-6-14-30/h1-6,10-11,13-18,32H,7-9,12,19-27H2. The van der Waals surface area contributed by atoms with Crippen LogP contribution < -0.4 is 5.32 Å². The van der Waals surface area contributed by atoms with E-state index in [9.17, 15) is 0 Å². The molecule has 1 saturated heterocycles. The van der Waals surface area contributed by atoms with Gasteiger partial charge < -0.3 is 15.1 Å². The molecule has 0 aromatic heterocycles. The van der Waals surface area contributed by atoms with Crippen LogP contribution in [0.25, 0.3) is 11.1 Å². The van der Waals surface area contributed by atoms with Crippen molar-refractivity contribution in [3.05, 3.63) is 96.1 Å². The highest BCUT2D eigenvalue weighted by Gasteiger charge is 2.15. The van der Waals surface area contributed by atoms with E-state index in [1.54, 1.807) is 0 Å². The van der Waals surface area contributed by atoms with E-state index in [2.05, 4.69) is 100 Å². The largest absolute Gasteiger partial charge is 0.316 e. The zero-order valence-corrected chi connectivity index (χ0v) is 20.7. The van der Waals surface area contributed by atoms with E-state index in [0.717, 1.165) is 19.5 Å². The van der Waals surface area contributed by atoms with E-state index in [4.69, 9.17) is 0 Å². The van der Waals surface area contributed by atoms with Crippen LogP contribution in [0, 0.1) is 0 Å². The SMILES string of the molecule is c1ccc(CCCN2CCN(CCCCNCCc3ccc(-c4ccccc4)cc3)CC2)cc1. The molecular weight excluding hydrogens is 414 g/mol. The Kier molecular flexibility index (Phi) is 10.2. The third-order valence-electron chi connectivity index (χ3n) is 6.98. The number of aryl methyl sites for hydroxylation is 1. The van der Waals surface area contributed by atoms with E-state index < -0.39 is 0 Å². The summed E-state index contributed by atoms with van der Waals surface area (Å²) in [4.78, 5) is 5.30. The molecule has 0 saturated carbocycles. The predicted molar refractivity (Wildman–Crippen MR) is 145 cm³/mol. The second-order valence-electron chi connectivity index (χ2n) is 9.54. The van der Waals surface area contributed by atoms with Crippen molar-refractivity contribution in [3.63, 3.8) is 0 Å². The predicted octanol–water partition coefficient (Wildman–Crippen LogP) is 5.52. The summed E-state index contributed by atoms with van der Waals surface area (Å²) in [5.74, 6) is 0. The molecule has 4 rings (SSSR count). The molecule has 3 heteroatoms. The molecule has 0 radical (unpaired) electrons. The molecule has 1 fully saturated rings. The third kappa shape index (κ3) is 8.39. The number of hydrogen-bond acceptors (Lipinski definition) is 3. The van der Waals surface area contributed by atoms with Crippen LogP contribution in [0.5, 0.6) is 0 Å². The summed E-state index contributed by atoms with van der Waals surface area (Å²) in [6, 6.07) is 30.5. The van der Waals surface area contributed by atoms with Gasteiger partial charge in [-0.3, -0.25) is 0 Å². The highest BCUT2D eigenvalue weighted by Crippen LogP contribution is 2.19. The van der Waals surface area contributed by atoms with Gasteiger partial charge in [-0.15, -0.1) is 0 Å². The number of benzene rings is 3. The first-order chi connectivity index (χ1) is 16.9. The van der Waals surface area contributed by atoms with Crippen LogP contribution in [-0.4, -0.2) is 62.2 Å². The minimum atomic E-state index is 1.06. The Bertz CT molecular complexity index is 916. The molecule has 3 aromatic carbocycles. The Morgan fingerprint density at radius 2 is 1.06 bits per heavy atom. The Hall–Kier alpha value is -2.46. The maximum Gasteiger partial charge on any atom is 0.0110 e. The van der Waals surface area contributed by atoms with E-state index in [-0.39, 0.29) is 0 Å². The molecule has 0 spiro atoms. The zero-order valence-electron chi connectivity index (χ0n) is 20.7. The lowest BCUT2D eigenvalue weighted by atomic mass is 10.0. The van der Waals surface area contributed by atoms with Crippen molar-refractivity contribution in [2.24, 2.45) is 0 Å². The summed E-state index contributed by atoms with van der Waals surface area (Å²) >= 11 is 0. The van der Waals surface area contributed by atoms with Gasteiger partial charge in [0.25, 0.3) is 0 Å². The molecule has 1 N–H and O–H groups in total. The van der Waals surface area contributed by atoms with Gasteiger partial charge in [-0.1, -0.05) is 84.9 Å². The van der Waals surface area contributed by atoms with Crippen molar-refractivity contribution < 1.29 is 0 Å². The van der Waals surface area contributed by atoms with E-state index in [0.29, 0.717) is 0 Å². The van der Waals surface area contributed by atoms with Crippen molar-refractivity contribution in [2.45, 2.75) is 32.1 Å². The van der Waals surface area contributed by atoms with Gasteiger partial charge in [-0.05, 0) is 80.5 Å². The average molecular weight is 456 g/mol. The van der Waals surface area contributed by atoms with Gasteiger partial charge in [0.05, 0.1) is 0 Å². The van der Waals surface area contributed by atoms with Crippen molar-refractivity contribution in [3.8, 4) is 11.1 Å². The summed E-state index contributed by atoms with van der Waals surface area (Å²) in [7, 11) is 0. The molecule has 1 heterocycles. The van der Waals surface area contributed by atoms with Crippen molar-refractivity contribution in [2.75, 3.05) is 52.4 Å². The normalized spacial score (nSPS) is 14.9. The van der Waals surface area contributed by atoms with Crippen LogP contribution in [0.3, 0.4) is 0 Å². The fourth-order valence-corrected chi connectivity index (χ4v) is 4.83. The highest BCUT2D eigenvalue weighted by molar-refractivity contribution is 5.63. The lowest BCUT2D eigenvalue weighted by Crippen LogP contribution is -2.46. The molecular formula is C31H41N3. The topological polar surface area (TPSA) is 18.5 Å². The monoisotopic (exact) mass is 455 g/mol. The summed E-state index contributed by atoms with van der Waals surface area (Å²) in [5, 5.41) is 3.63. The molecule has 0 amide bonds. The smallest absolute Gasteiger partial charge is 0.0110 e. The van der Waals surface area contributed by atoms with Crippen LogP contribution in [0.15, 0.2) is 84.9 Å². The fraction of sp³-hybridized carbons (Fsp3) is 0.419. The number of piperazine rings is 1. The summed E-state index contributed by atoms with van der Waals surface area (Å²) in [6.45, 7) is 9.61. The number of rotatable bonds is 13. The van der Waals surface area contributed by atoms with Crippen LogP contribution in [0.2, 0.25) is 0 Å². The molecule has 34 heavy (non-hydrogen) atoms. The number of hydrogen-bond donors (Lipinski definition) is 1. The number of unbranched alkanes of at least 4 members (excludes halogenated alkanes) is 1. The molecule has 3 aromatic rings. The van der Waals surface area contributed by atoms with Gasteiger partial charge in [0.2, 0.25) is 0 Å². The highest BCUT2D eigenvalue weighted by atomic mass is 15.3. The van der Waals surface area contributed by atoms with Crippen molar-refractivity contribution in [1.29, 1.82) is 0 Å². The fourth-order valence-electron chi connectivity index (χ4n) is 4.83. The minimum absolute atomic E-state index is 1.06. The average Bonchev–Trinajstić information content (AvgIpc) is 2.90. The van der Waals surface area contributed by atoms with Crippen LogP contribution in [-0.2, 0) is 12.8 Å². The van der Waals surface area contributed by atoms with Crippen LogP contribution in [0.1, 0.15) is 30.4 Å². The lowest BCUT2D eigenvalue weighted by molar-refractivity contribution is 0.130. The zero-order chi connectivity index (χ0) is 23.3. The first-order valence-corrected chi connectivity index (χ1v) is 13.2. The quantitative estimate of drug-likeness (QED) is 0.343. The molecule has 3 nitrogen and oxygen atoms in total. The summed E-state index contributed by atoms with van der Waals surface area (Å²) < 4.78 is 0. The second-order valence-corrected chi connectivity index (χ2v) is 9.54. The Morgan fingerprint density at radius 3 is 1.74 bits per heavy atom. The second kappa shape index (κ2) is 14.1. The van der Waals surface area contributed by atoms with Gasteiger partial charge in [-0.25, -0.2) is 0 Å². The van der Waals surface area contributed by atoms with Gasteiger partial charge in [0, 0.05) is 26.2 Å². The third-order valence-corrected chi connectivity index (χ3v) is 6.98. The van der Waals surface area contributed by atoms with E-state index in [1.165, 1.54) is 87.2 Å². The first-order valence-electron chi connectivity index (χ1n) is 13.2. The van der Waals surface area contributed by atoms with Crippen LogP contribution >= 0.6 is 0 Å². The minimum Gasteiger partial charge on any atom is -0.316 e. The molecule has 1 aliphatic heterocycles. The molecule has 0 unspecified atom stereocenters. The maximum absolute atomic E-state index is 3.63. The lowest BCUT2D eigenvalue weighted by Gasteiger charge is -2.34. The number of nitrogens with zero attached hydrogens (tertiary/aromatic N) is 2.